The van der Waals surface area contributed by atoms with Crippen LogP contribution in [-0.4, -0.2) is 24.9 Å². The van der Waals surface area contributed by atoms with E-state index in [-0.39, 0.29) is 17.9 Å². The van der Waals surface area contributed by atoms with Crippen molar-refractivity contribution >= 4 is 46.6 Å². The second kappa shape index (κ2) is 8.79. The molecule has 0 aromatic heterocycles. The highest BCUT2D eigenvalue weighted by atomic mass is 35.5. The first-order valence-electron chi connectivity index (χ1n) is 8.27. The summed E-state index contributed by atoms with van der Waals surface area (Å²) in [6.07, 6.45) is 5.27. The Labute approximate surface area is 172 Å². The first-order chi connectivity index (χ1) is 13.0. The Balaban J connectivity index is 1.99. The van der Waals surface area contributed by atoms with E-state index in [0.29, 0.717) is 33.9 Å². The van der Waals surface area contributed by atoms with Gasteiger partial charge in [-0.25, -0.2) is 0 Å². The lowest BCUT2D eigenvalue weighted by Gasteiger charge is -2.25. The average Bonchev–Trinajstić information content (AvgIpc) is 3.03. The average molecular weight is 422 g/mol. The third kappa shape index (κ3) is 4.30. The number of carbonyl (C=O) groups excluding carboxylic acids is 1. The van der Waals surface area contributed by atoms with Gasteiger partial charge in [-0.2, -0.15) is 0 Å². The van der Waals surface area contributed by atoms with Crippen LogP contribution in [0.2, 0.25) is 10.0 Å². The second-order valence-corrected chi connectivity index (χ2v) is 7.57. The van der Waals surface area contributed by atoms with Crippen molar-refractivity contribution in [2.24, 2.45) is 0 Å². The Morgan fingerprint density at radius 3 is 2.67 bits per heavy atom. The van der Waals surface area contributed by atoms with Crippen LogP contribution >= 0.6 is 35.0 Å². The number of amides is 1. The van der Waals surface area contributed by atoms with Crippen molar-refractivity contribution in [1.82, 2.24) is 0 Å². The summed E-state index contributed by atoms with van der Waals surface area (Å²) in [5.41, 5.74) is 1.63. The Hall–Kier alpha value is -2.00. The molecule has 0 saturated carbocycles. The molecule has 0 N–H and O–H groups in total. The Morgan fingerprint density at radius 1 is 1.26 bits per heavy atom. The van der Waals surface area contributed by atoms with Crippen LogP contribution in [0.3, 0.4) is 0 Å². The second-order valence-electron chi connectivity index (χ2n) is 5.66. The number of carbonyl (C=O) groups is 1. The lowest BCUT2D eigenvalue weighted by atomic mass is 10.1. The fourth-order valence-corrected chi connectivity index (χ4v) is 4.35. The topological polar surface area (TPSA) is 38.8 Å². The van der Waals surface area contributed by atoms with Crippen LogP contribution in [0, 0.1) is 12.3 Å². The van der Waals surface area contributed by atoms with Crippen molar-refractivity contribution in [2.75, 3.05) is 23.9 Å². The number of anilines is 1. The van der Waals surface area contributed by atoms with Crippen LogP contribution in [0.25, 0.3) is 0 Å². The molecular formula is C20H17Cl2NO3S. The molecule has 7 heteroatoms. The zero-order valence-corrected chi connectivity index (χ0v) is 16.9. The summed E-state index contributed by atoms with van der Waals surface area (Å²) in [5, 5.41) is 0.783. The molecule has 1 amide bonds. The summed E-state index contributed by atoms with van der Waals surface area (Å²) >= 11 is 13.9. The highest BCUT2D eigenvalue weighted by molar-refractivity contribution is 8.00. The van der Waals surface area contributed by atoms with Crippen LogP contribution in [0.5, 0.6) is 11.5 Å². The van der Waals surface area contributed by atoms with E-state index in [1.807, 2.05) is 25.1 Å². The number of rotatable bonds is 6. The van der Waals surface area contributed by atoms with Gasteiger partial charge in [0.2, 0.25) is 5.91 Å². The highest BCUT2D eigenvalue weighted by Crippen LogP contribution is 2.46. The molecule has 27 heavy (non-hydrogen) atoms. The molecule has 0 aliphatic carbocycles. The van der Waals surface area contributed by atoms with Gasteiger partial charge in [0.25, 0.3) is 0 Å². The van der Waals surface area contributed by atoms with Crippen molar-refractivity contribution in [2.45, 2.75) is 12.3 Å². The molecule has 0 unspecified atom stereocenters. The fourth-order valence-electron chi connectivity index (χ4n) is 2.80. The fraction of sp³-hybridized carbons (Fsp3) is 0.250. The van der Waals surface area contributed by atoms with E-state index >= 15 is 0 Å². The first kappa shape index (κ1) is 19.8. The van der Waals surface area contributed by atoms with Crippen molar-refractivity contribution in [3.05, 3.63) is 52.0 Å². The van der Waals surface area contributed by atoms with Gasteiger partial charge in [0, 0.05) is 10.7 Å². The maximum Gasteiger partial charge on any atom is 0.238 e. The molecule has 1 aliphatic heterocycles. The third-order valence-corrected chi connectivity index (χ3v) is 5.63. The molecule has 0 bridgehead atoms. The molecule has 1 aliphatic rings. The molecule has 2 aromatic rings. The maximum atomic E-state index is 12.5. The van der Waals surface area contributed by atoms with E-state index in [2.05, 4.69) is 5.92 Å². The summed E-state index contributed by atoms with van der Waals surface area (Å²) in [6, 6.07) is 10.8. The zero-order chi connectivity index (χ0) is 19.4. The largest absolute Gasteiger partial charge is 0.490 e. The molecule has 0 radical (unpaired) electrons. The lowest BCUT2D eigenvalue weighted by Crippen LogP contribution is -2.27. The van der Waals surface area contributed by atoms with Gasteiger partial charge in [-0.15, -0.1) is 18.2 Å². The van der Waals surface area contributed by atoms with Gasteiger partial charge in [0.1, 0.15) is 12.0 Å². The highest BCUT2D eigenvalue weighted by Gasteiger charge is 2.35. The standard InChI is InChI=1S/C20H17Cl2NO3S/c1-3-9-26-19-16(22)10-13(11-17(19)25-4-2)20-23(18(24)12-27-20)15-7-5-14(21)6-8-15/h1,5-8,10-11,20H,4,9,12H2,2H3/t20-/m1/s1. The molecule has 140 valence electrons. The van der Waals surface area contributed by atoms with Gasteiger partial charge in [-0.3, -0.25) is 9.69 Å². The smallest absolute Gasteiger partial charge is 0.238 e. The van der Waals surface area contributed by atoms with Crippen molar-refractivity contribution in [1.29, 1.82) is 0 Å². The maximum absolute atomic E-state index is 12.5. The summed E-state index contributed by atoms with van der Waals surface area (Å²) in [5.74, 6) is 3.73. The number of ether oxygens (including phenoxy) is 2. The van der Waals surface area contributed by atoms with Crippen molar-refractivity contribution in [3.8, 4) is 23.8 Å². The van der Waals surface area contributed by atoms with Gasteiger partial charge in [-0.1, -0.05) is 29.1 Å². The predicted octanol–water partition coefficient (Wildman–Crippen LogP) is 5.18. The lowest BCUT2D eigenvalue weighted by molar-refractivity contribution is -0.115. The number of thioether (sulfide) groups is 1. The summed E-state index contributed by atoms with van der Waals surface area (Å²) in [7, 11) is 0. The molecule has 0 spiro atoms. The quantitative estimate of drug-likeness (QED) is 0.602. The number of nitrogens with zero attached hydrogens (tertiary/aromatic N) is 1. The zero-order valence-electron chi connectivity index (χ0n) is 14.6. The predicted molar refractivity (Wildman–Crippen MR) is 111 cm³/mol. The van der Waals surface area contributed by atoms with Crippen LogP contribution in [-0.2, 0) is 4.79 Å². The van der Waals surface area contributed by atoms with Crippen LogP contribution in [0.1, 0.15) is 17.9 Å². The van der Waals surface area contributed by atoms with Gasteiger partial charge in [0.15, 0.2) is 11.5 Å². The molecule has 1 heterocycles. The molecule has 2 aromatic carbocycles. The Morgan fingerprint density at radius 2 is 2.00 bits per heavy atom. The van der Waals surface area contributed by atoms with Gasteiger partial charge in [-0.05, 0) is 48.9 Å². The van der Waals surface area contributed by atoms with Gasteiger partial charge >= 0.3 is 0 Å². The van der Waals surface area contributed by atoms with Crippen molar-refractivity contribution in [3.63, 3.8) is 0 Å². The van der Waals surface area contributed by atoms with Crippen molar-refractivity contribution < 1.29 is 14.3 Å². The molecule has 1 fully saturated rings. The number of hydrogen-bond donors (Lipinski definition) is 0. The minimum absolute atomic E-state index is 0.0223. The number of terminal acetylenes is 1. The van der Waals surface area contributed by atoms with Gasteiger partial charge in [0.05, 0.1) is 17.4 Å². The normalized spacial score (nSPS) is 16.3. The summed E-state index contributed by atoms with van der Waals surface area (Å²) in [4.78, 5) is 14.2. The minimum Gasteiger partial charge on any atom is -0.490 e. The first-order valence-corrected chi connectivity index (χ1v) is 10.1. The number of benzene rings is 2. The summed E-state index contributed by atoms with van der Waals surface area (Å²) < 4.78 is 11.2. The molecule has 1 atom stereocenters. The third-order valence-electron chi connectivity index (χ3n) is 3.89. The van der Waals surface area contributed by atoms with Crippen LogP contribution in [0.4, 0.5) is 5.69 Å². The monoisotopic (exact) mass is 421 g/mol. The number of hydrogen-bond acceptors (Lipinski definition) is 4. The SMILES string of the molecule is C#CCOc1c(Cl)cc([C@H]2SCC(=O)N2c2ccc(Cl)cc2)cc1OCC. The van der Waals surface area contributed by atoms with Crippen LogP contribution in [0.15, 0.2) is 36.4 Å². The van der Waals surface area contributed by atoms with Crippen LogP contribution < -0.4 is 14.4 Å². The number of halogens is 2. The van der Waals surface area contributed by atoms with E-state index in [0.717, 1.165) is 11.3 Å². The van der Waals surface area contributed by atoms with E-state index < -0.39 is 0 Å². The Kier molecular flexibility index (Phi) is 6.43. The molecule has 3 rings (SSSR count). The molecule has 1 saturated heterocycles. The Bertz CT molecular complexity index is 880. The molecule has 4 nitrogen and oxygen atoms in total. The minimum atomic E-state index is -0.225. The van der Waals surface area contributed by atoms with E-state index in [9.17, 15) is 4.79 Å². The van der Waals surface area contributed by atoms with Gasteiger partial charge < -0.3 is 9.47 Å². The van der Waals surface area contributed by atoms with E-state index in [4.69, 9.17) is 39.1 Å². The van der Waals surface area contributed by atoms with E-state index in [1.165, 1.54) is 11.8 Å². The summed E-state index contributed by atoms with van der Waals surface area (Å²) in [6.45, 7) is 2.41. The molecular weight excluding hydrogens is 405 g/mol. The van der Waals surface area contributed by atoms with E-state index in [1.54, 1.807) is 23.1 Å².